The molecule has 0 saturated heterocycles. The van der Waals surface area contributed by atoms with Crippen LogP contribution in [-0.2, 0) is 0 Å². The SMILES string of the molecule is Cc1cc(C)cc(OCCNC(=O)Nc2ccc3c(c2)OCO3)c1. The first-order valence-corrected chi connectivity index (χ1v) is 7.76. The Morgan fingerprint density at radius 3 is 2.62 bits per heavy atom. The lowest BCUT2D eigenvalue weighted by Gasteiger charge is -2.10. The van der Waals surface area contributed by atoms with Crippen LogP contribution in [0.2, 0.25) is 0 Å². The zero-order valence-electron chi connectivity index (χ0n) is 13.7. The van der Waals surface area contributed by atoms with Gasteiger partial charge in [0.2, 0.25) is 6.79 Å². The summed E-state index contributed by atoms with van der Waals surface area (Å²) in [4.78, 5) is 11.9. The number of fused-ring (bicyclic) bond motifs is 1. The number of amides is 2. The van der Waals surface area contributed by atoms with Crippen molar-refractivity contribution in [3.05, 3.63) is 47.5 Å². The van der Waals surface area contributed by atoms with E-state index in [9.17, 15) is 4.79 Å². The standard InChI is InChI=1S/C18H20N2O4/c1-12-7-13(2)9-15(8-12)22-6-5-19-18(21)20-14-3-4-16-17(10-14)24-11-23-16/h3-4,7-10H,5-6,11H2,1-2H3,(H2,19,20,21). The predicted molar refractivity (Wildman–Crippen MR) is 91.0 cm³/mol. The van der Waals surface area contributed by atoms with Crippen molar-refractivity contribution in [1.29, 1.82) is 0 Å². The van der Waals surface area contributed by atoms with Crippen LogP contribution in [0.1, 0.15) is 11.1 Å². The highest BCUT2D eigenvalue weighted by atomic mass is 16.7. The number of ether oxygens (including phenoxy) is 3. The molecule has 0 atom stereocenters. The summed E-state index contributed by atoms with van der Waals surface area (Å²) in [7, 11) is 0. The van der Waals surface area contributed by atoms with Gasteiger partial charge in [-0.3, -0.25) is 0 Å². The molecular formula is C18H20N2O4. The van der Waals surface area contributed by atoms with Crippen LogP contribution in [0, 0.1) is 13.8 Å². The second-order valence-corrected chi connectivity index (χ2v) is 5.62. The first-order valence-electron chi connectivity index (χ1n) is 7.76. The summed E-state index contributed by atoms with van der Waals surface area (Å²) in [6.45, 7) is 5.06. The molecule has 1 aliphatic rings. The van der Waals surface area contributed by atoms with Crippen LogP contribution in [0.3, 0.4) is 0 Å². The molecule has 0 saturated carbocycles. The highest BCUT2D eigenvalue weighted by Crippen LogP contribution is 2.34. The Morgan fingerprint density at radius 1 is 1.08 bits per heavy atom. The monoisotopic (exact) mass is 328 g/mol. The van der Waals surface area contributed by atoms with Gasteiger partial charge in [0, 0.05) is 11.8 Å². The van der Waals surface area contributed by atoms with Gasteiger partial charge in [-0.05, 0) is 49.2 Å². The van der Waals surface area contributed by atoms with Gasteiger partial charge in [-0.15, -0.1) is 0 Å². The number of benzene rings is 2. The summed E-state index contributed by atoms with van der Waals surface area (Å²) in [6, 6.07) is 11.0. The summed E-state index contributed by atoms with van der Waals surface area (Å²) in [5, 5.41) is 5.50. The summed E-state index contributed by atoms with van der Waals surface area (Å²) in [5.41, 5.74) is 2.95. The van der Waals surface area contributed by atoms with Crippen LogP contribution in [0.15, 0.2) is 36.4 Å². The summed E-state index contributed by atoms with van der Waals surface area (Å²) < 4.78 is 16.2. The Kier molecular flexibility index (Phi) is 4.74. The number of anilines is 1. The van der Waals surface area contributed by atoms with Crippen LogP contribution in [0.4, 0.5) is 10.5 Å². The molecule has 0 fully saturated rings. The van der Waals surface area contributed by atoms with Crippen molar-refractivity contribution in [2.75, 3.05) is 25.3 Å². The summed E-state index contributed by atoms with van der Waals surface area (Å²) >= 11 is 0. The van der Waals surface area contributed by atoms with Crippen LogP contribution in [0.5, 0.6) is 17.2 Å². The number of urea groups is 1. The minimum Gasteiger partial charge on any atom is -0.492 e. The summed E-state index contributed by atoms with van der Waals surface area (Å²) in [6.07, 6.45) is 0. The van der Waals surface area contributed by atoms with Gasteiger partial charge in [0.05, 0.1) is 6.54 Å². The van der Waals surface area contributed by atoms with Crippen LogP contribution < -0.4 is 24.8 Å². The predicted octanol–water partition coefficient (Wildman–Crippen LogP) is 3.23. The van der Waals surface area contributed by atoms with Crippen molar-refractivity contribution in [2.45, 2.75) is 13.8 Å². The van der Waals surface area contributed by atoms with E-state index in [1.807, 2.05) is 26.0 Å². The molecule has 0 spiro atoms. The van der Waals surface area contributed by atoms with Gasteiger partial charge in [-0.25, -0.2) is 4.79 Å². The molecule has 0 unspecified atom stereocenters. The van der Waals surface area contributed by atoms with E-state index in [2.05, 4.69) is 16.7 Å². The highest BCUT2D eigenvalue weighted by molar-refractivity contribution is 5.89. The van der Waals surface area contributed by atoms with E-state index in [-0.39, 0.29) is 12.8 Å². The van der Waals surface area contributed by atoms with Crippen molar-refractivity contribution in [3.63, 3.8) is 0 Å². The fourth-order valence-corrected chi connectivity index (χ4v) is 2.50. The average Bonchev–Trinajstić information content (AvgIpc) is 2.98. The molecule has 0 aliphatic carbocycles. The number of nitrogens with one attached hydrogen (secondary N) is 2. The molecule has 0 aromatic heterocycles. The molecule has 2 amide bonds. The molecule has 0 radical (unpaired) electrons. The maximum Gasteiger partial charge on any atom is 0.319 e. The first-order chi connectivity index (χ1) is 11.6. The van der Waals surface area contributed by atoms with E-state index in [1.54, 1.807) is 18.2 Å². The molecule has 6 heteroatoms. The van der Waals surface area contributed by atoms with Gasteiger partial charge >= 0.3 is 6.03 Å². The Balaban J connectivity index is 1.42. The van der Waals surface area contributed by atoms with E-state index < -0.39 is 0 Å². The number of rotatable bonds is 5. The average molecular weight is 328 g/mol. The number of hydrogen-bond acceptors (Lipinski definition) is 4. The van der Waals surface area contributed by atoms with Gasteiger partial charge in [-0.2, -0.15) is 0 Å². The zero-order valence-corrected chi connectivity index (χ0v) is 13.7. The fourth-order valence-electron chi connectivity index (χ4n) is 2.50. The number of carbonyl (C=O) groups is 1. The van der Waals surface area contributed by atoms with Crippen LogP contribution in [-0.4, -0.2) is 26.0 Å². The molecule has 126 valence electrons. The Hall–Kier alpha value is -2.89. The van der Waals surface area contributed by atoms with E-state index >= 15 is 0 Å². The number of carbonyl (C=O) groups excluding carboxylic acids is 1. The molecule has 1 heterocycles. The molecule has 24 heavy (non-hydrogen) atoms. The number of hydrogen-bond donors (Lipinski definition) is 2. The van der Waals surface area contributed by atoms with Gasteiger partial charge in [-0.1, -0.05) is 6.07 Å². The smallest absolute Gasteiger partial charge is 0.319 e. The van der Waals surface area contributed by atoms with Gasteiger partial charge in [0.25, 0.3) is 0 Å². The van der Waals surface area contributed by atoms with Crippen molar-refractivity contribution >= 4 is 11.7 Å². The third kappa shape index (κ3) is 4.10. The third-order valence-electron chi connectivity index (χ3n) is 3.48. The molecule has 0 bridgehead atoms. The molecular weight excluding hydrogens is 308 g/mol. The van der Waals surface area contributed by atoms with Crippen LogP contribution in [0.25, 0.3) is 0 Å². The molecule has 2 aromatic carbocycles. The third-order valence-corrected chi connectivity index (χ3v) is 3.48. The molecule has 2 N–H and O–H groups in total. The van der Waals surface area contributed by atoms with Crippen molar-refractivity contribution in [2.24, 2.45) is 0 Å². The maximum absolute atomic E-state index is 11.9. The molecule has 3 rings (SSSR count). The number of aryl methyl sites for hydroxylation is 2. The minimum absolute atomic E-state index is 0.209. The molecule has 2 aromatic rings. The highest BCUT2D eigenvalue weighted by Gasteiger charge is 2.13. The van der Waals surface area contributed by atoms with Crippen LogP contribution >= 0.6 is 0 Å². The van der Waals surface area contributed by atoms with Gasteiger partial charge in [0.1, 0.15) is 12.4 Å². The van der Waals surface area contributed by atoms with Crippen molar-refractivity contribution < 1.29 is 19.0 Å². The van der Waals surface area contributed by atoms with Gasteiger partial charge < -0.3 is 24.8 Å². The van der Waals surface area contributed by atoms with Crippen molar-refractivity contribution in [1.82, 2.24) is 5.32 Å². The van der Waals surface area contributed by atoms with E-state index in [4.69, 9.17) is 14.2 Å². The summed E-state index contributed by atoms with van der Waals surface area (Å²) in [5.74, 6) is 2.12. The molecule has 6 nitrogen and oxygen atoms in total. The van der Waals surface area contributed by atoms with Gasteiger partial charge in [0.15, 0.2) is 11.5 Å². The molecule has 1 aliphatic heterocycles. The lowest BCUT2D eigenvalue weighted by molar-refractivity contribution is 0.174. The van der Waals surface area contributed by atoms with E-state index in [1.165, 1.54) is 0 Å². The zero-order chi connectivity index (χ0) is 16.9. The Bertz CT molecular complexity index is 726. The second kappa shape index (κ2) is 7.12. The lowest BCUT2D eigenvalue weighted by Crippen LogP contribution is -2.32. The Morgan fingerprint density at radius 2 is 1.83 bits per heavy atom. The Labute approximate surface area is 140 Å². The minimum atomic E-state index is -0.294. The lowest BCUT2D eigenvalue weighted by atomic mass is 10.1. The van der Waals surface area contributed by atoms with E-state index in [0.717, 1.165) is 16.9 Å². The quantitative estimate of drug-likeness (QED) is 0.827. The largest absolute Gasteiger partial charge is 0.492 e. The maximum atomic E-state index is 11.9. The van der Waals surface area contributed by atoms with E-state index in [0.29, 0.717) is 30.3 Å². The topological polar surface area (TPSA) is 68.8 Å². The second-order valence-electron chi connectivity index (χ2n) is 5.62. The fraction of sp³-hybridized carbons (Fsp3) is 0.278. The first kappa shape index (κ1) is 16.0. The normalized spacial score (nSPS) is 11.9. The van der Waals surface area contributed by atoms with Crippen molar-refractivity contribution in [3.8, 4) is 17.2 Å².